The molecule has 2 saturated heterocycles. The molecule has 0 saturated carbocycles. The van der Waals surface area contributed by atoms with Gasteiger partial charge in [-0.15, -0.1) is 0 Å². The summed E-state index contributed by atoms with van der Waals surface area (Å²) in [5, 5.41) is 11.8. The molecule has 4 rings (SSSR count). The van der Waals surface area contributed by atoms with Crippen molar-refractivity contribution in [3.8, 4) is 0 Å². The molecule has 0 N–H and O–H groups in total. The maximum Gasteiger partial charge on any atom is 0.293 e. The number of rotatable bonds is 5. The Morgan fingerprint density at radius 3 is 2.33 bits per heavy atom. The highest BCUT2D eigenvalue weighted by Gasteiger charge is 2.31. The number of carbonyl (C=O) groups is 1. The summed E-state index contributed by atoms with van der Waals surface area (Å²) in [6.07, 6.45) is 0. The highest BCUT2D eigenvalue weighted by Crippen LogP contribution is 2.32. The minimum Gasteiger partial charge on any atom is -0.379 e. The van der Waals surface area contributed by atoms with E-state index in [1.54, 1.807) is 9.80 Å². The van der Waals surface area contributed by atoms with Gasteiger partial charge < -0.3 is 14.5 Å². The van der Waals surface area contributed by atoms with Crippen molar-refractivity contribution in [2.45, 2.75) is 4.90 Å². The molecule has 1 amide bonds. The minimum atomic E-state index is -3.87. The lowest BCUT2D eigenvalue weighted by atomic mass is 10.1. The summed E-state index contributed by atoms with van der Waals surface area (Å²) in [7, 11) is -3.87. The summed E-state index contributed by atoms with van der Waals surface area (Å²) in [5.41, 5.74) is 0.222. The van der Waals surface area contributed by atoms with Crippen LogP contribution in [0.1, 0.15) is 10.4 Å². The molecule has 33 heavy (non-hydrogen) atoms. The summed E-state index contributed by atoms with van der Waals surface area (Å²) < 4.78 is 45.7. The molecule has 176 valence electrons. The second kappa shape index (κ2) is 9.41. The number of ether oxygens (including phenoxy) is 1. The number of halogens is 1. The quantitative estimate of drug-likeness (QED) is 0.475. The van der Waals surface area contributed by atoms with Gasteiger partial charge in [0.2, 0.25) is 10.0 Å². The monoisotopic (exact) mass is 478 g/mol. The third-order valence-corrected chi connectivity index (χ3v) is 7.63. The van der Waals surface area contributed by atoms with Crippen molar-refractivity contribution in [1.82, 2.24) is 9.21 Å². The van der Waals surface area contributed by atoms with Crippen LogP contribution >= 0.6 is 0 Å². The molecule has 12 heteroatoms. The van der Waals surface area contributed by atoms with Crippen LogP contribution in [0.3, 0.4) is 0 Å². The molecule has 2 aliphatic rings. The van der Waals surface area contributed by atoms with Gasteiger partial charge in [-0.1, -0.05) is 6.07 Å². The number of amides is 1. The summed E-state index contributed by atoms with van der Waals surface area (Å²) in [6.45, 7) is 2.16. The van der Waals surface area contributed by atoms with Gasteiger partial charge in [-0.2, -0.15) is 4.31 Å². The Morgan fingerprint density at radius 1 is 1.00 bits per heavy atom. The fourth-order valence-corrected chi connectivity index (χ4v) is 5.40. The Morgan fingerprint density at radius 2 is 1.70 bits per heavy atom. The molecule has 2 heterocycles. The van der Waals surface area contributed by atoms with E-state index in [1.165, 1.54) is 40.7 Å². The van der Waals surface area contributed by atoms with Gasteiger partial charge in [-0.3, -0.25) is 14.9 Å². The Labute approximate surface area is 190 Å². The molecule has 2 fully saturated rings. The summed E-state index contributed by atoms with van der Waals surface area (Å²) in [4.78, 5) is 27.0. The number of nitrogens with zero attached hydrogens (tertiary/aromatic N) is 4. The van der Waals surface area contributed by atoms with E-state index in [0.29, 0.717) is 31.9 Å². The number of carbonyl (C=O) groups excluding carboxylic acids is 1. The van der Waals surface area contributed by atoms with Gasteiger partial charge in [0.05, 0.1) is 23.0 Å². The van der Waals surface area contributed by atoms with Gasteiger partial charge in [0.1, 0.15) is 11.5 Å². The summed E-state index contributed by atoms with van der Waals surface area (Å²) in [5.74, 6) is -0.808. The molecule has 0 radical (unpaired) electrons. The van der Waals surface area contributed by atoms with Gasteiger partial charge in [0.15, 0.2) is 0 Å². The Bertz CT molecular complexity index is 1160. The number of nitro benzene ring substituents is 1. The Kier molecular flexibility index (Phi) is 6.58. The van der Waals surface area contributed by atoms with Crippen LogP contribution in [0.15, 0.2) is 47.4 Å². The van der Waals surface area contributed by atoms with Gasteiger partial charge >= 0.3 is 0 Å². The first-order valence-corrected chi connectivity index (χ1v) is 11.9. The van der Waals surface area contributed by atoms with Crippen LogP contribution < -0.4 is 4.90 Å². The largest absolute Gasteiger partial charge is 0.379 e. The molecule has 0 spiro atoms. The number of anilines is 1. The zero-order valence-electron chi connectivity index (χ0n) is 17.7. The fourth-order valence-electron chi connectivity index (χ4n) is 3.97. The van der Waals surface area contributed by atoms with Crippen LogP contribution in [0.4, 0.5) is 15.8 Å². The lowest BCUT2D eigenvalue weighted by Gasteiger charge is -2.36. The third kappa shape index (κ3) is 4.82. The van der Waals surface area contributed by atoms with E-state index in [4.69, 9.17) is 4.74 Å². The number of piperazine rings is 1. The molecule has 2 aromatic rings. The first-order chi connectivity index (χ1) is 15.8. The van der Waals surface area contributed by atoms with Crippen LogP contribution in [0, 0.1) is 15.9 Å². The number of benzene rings is 2. The summed E-state index contributed by atoms with van der Waals surface area (Å²) >= 11 is 0. The van der Waals surface area contributed by atoms with Crippen molar-refractivity contribution < 1.29 is 27.3 Å². The Hall–Kier alpha value is -3.09. The maximum atomic E-state index is 13.4. The molecule has 2 aliphatic heterocycles. The summed E-state index contributed by atoms with van der Waals surface area (Å²) in [6, 6.07) is 9.34. The van der Waals surface area contributed by atoms with Crippen LogP contribution in [-0.4, -0.2) is 80.9 Å². The smallest absolute Gasteiger partial charge is 0.293 e. The Balaban J connectivity index is 1.51. The number of nitro groups is 1. The zero-order chi connectivity index (χ0) is 23.6. The van der Waals surface area contributed by atoms with Gasteiger partial charge in [-0.25, -0.2) is 12.8 Å². The van der Waals surface area contributed by atoms with E-state index >= 15 is 0 Å². The van der Waals surface area contributed by atoms with E-state index in [-0.39, 0.29) is 48.4 Å². The molecule has 0 aromatic heterocycles. The molecule has 2 aromatic carbocycles. The molecule has 0 bridgehead atoms. The second-order valence-corrected chi connectivity index (χ2v) is 9.65. The normalized spacial score (nSPS) is 17.7. The van der Waals surface area contributed by atoms with E-state index in [1.807, 2.05) is 0 Å². The molecule has 0 unspecified atom stereocenters. The van der Waals surface area contributed by atoms with Gasteiger partial charge in [0.25, 0.3) is 11.6 Å². The average molecular weight is 479 g/mol. The molecular formula is C21H23FN4O6S. The zero-order valence-corrected chi connectivity index (χ0v) is 18.5. The average Bonchev–Trinajstić information content (AvgIpc) is 2.84. The number of morpholine rings is 1. The predicted octanol–water partition coefficient (Wildman–Crippen LogP) is 1.72. The first-order valence-electron chi connectivity index (χ1n) is 10.4. The topological polar surface area (TPSA) is 113 Å². The van der Waals surface area contributed by atoms with Crippen LogP contribution in [0.25, 0.3) is 0 Å². The molecular weight excluding hydrogens is 455 g/mol. The number of hydrogen-bond donors (Lipinski definition) is 0. The van der Waals surface area contributed by atoms with Crippen LogP contribution in [0.5, 0.6) is 0 Å². The van der Waals surface area contributed by atoms with Crippen LogP contribution in [-0.2, 0) is 14.8 Å². The highest BCUT2D eigenvalue weighted by molar-refractivity contribution is 7.89. The van der Waals surface area contributed by atoms with Crippen molar-refractivity contribution in [2.24, 2.45) is 0 Å². The van der Waals surface area contributed by atoms with Crippen molar-refractivity contribution in [3.63, 3.8) is 0 Å². The van der Waals surface area contributed by atoms with Crippen molar-refractivity contribution in [1.29, 1.82) is 0 Å². The van der Waals surface area contributed by atoms with E-state index in [9.17, 15) is 27.7 Å². The van der Waals surface area contributed by atoms with Crippen molar-refractivity contribution in [2.75, 3.05) is 57.4 Å². The van der Waals surface area contributed by atoms with Crippen molar-refractivity contribution >= 4 is 27.3 Å². The first kappa shape index (κ1) is 23.1. The van der Waals surface area contributed by atoms with Crippen LogP contribution in [0.2, 0.25) is 0 Å². The lowest BCUT2D eigenvalue weighted by molar-refractivity contribution is -0.384. The fraction of sp³-hybridized carbons (Fsp3) is 0.381. The van der Waals surface area contributed by atoms with Crippen molar-refractivity contribution in [3.05, 3.63) is 64.0 Å². The van der Waals surface area contributed by atoms with E-state index in [2.05, 4.69) is 0 Å². The third-order valence-electron chi connectivity index (χ3n) is 5.73. The predicted molar refractivity (Wildman–Crippen MR) is 117 cm³/mol. The number of hydrogen-bond acceptors (Lipinski definition) is 7. The van der Waals surface area contributed by atoms with E-state index in [0.717, 1.165) is 6.07 Å². The lowest BCUT2D eigenvalue weighted by Crippen LogP contribution is -2.49. The van der Waals surface area contributed by atoms with Gasteiger partial charge in [0, 0.05) is 50.9 Å². The number of sulfonamides is 1. The highest BCUT2D eigenvalue weighted by atomic mass is 32.2. The van der Waals surface area contributed by atoms with Gasteiger partial charge in [-0.05, 0) is 30.3 Å². The SMILES string of the molecule is O=C(c1cccc(F)c1)N1CCN(c2ccc(S(=O)(=O)N3CCOCC3)cc2[N+](=O)[O-])CC1. The molecule has 0 aliphatic carbocycles. The van der Waals surface area contributed by atoms with E-state index < -0.39 is 20.8 Å². The molecule has 10 nitrogen and oxygen atoms in total. The minimum absolute atomic E-state index is 0.139. The standard InChI is InChI=1S/C21H23FN4O6S/c22-17-3-1-2-16(14-17)21(27)24-8-6-23(7-9-24)19-5-4-18(15-20(19)26(28)29)33(30,31)25-10-12-32-13-11-25/h1-5,14-15H,6-13H2. The maximum absolute atomic E-state index is 13.4. The molecule has 0 atom stereocenters. The second-order valence-electron chi connectivity index (χ2n) is 7.71.